The van der Waals surface area contributed by atoms with Gasteiger partial charge in [-0.3, -0.25) is 19.4 Å². The molecule has 1 aromatic rings. The van der Waals surface area contributed by atoms with E-state index in [4.69, 9.17) is 10.8 Å². The number of hydrogen-bond acceptors (Lipinski definition) is 4. The van der Waals surface area contributed by atoms with Crippen molar-refractivity contribution in [1.29, 1.82) is 0 Å². The Balaban J connectivity index is 2.83. The molecule has 7 nitrogen and oxygen atoms in total. The Hall–Kier alpha value is -1.76. The van der Waals surface area contributed by atoms with E-state index in [0.29, 0.717) is 0 Å². The van der Waals surface area contributed by atoms with Gasteiger partial charge in [0.05, 0.1) is 6.10 Å². The minimum absolute atomic E-state index is 0.0168. The molecule has 0 saturated heterocycles. The second kappa shape index (κ2) is 4.18. The first kappa shape index (κ1) is 11.3. The number of carbonyl (C=O) groups is 1. The van der Waals surface area contributed by atoms with E-state index in [0.717, 1.165) is 4.68 Å². The lowest BCUT2D eigenvalue weighted by atomic mass is 10.3. The number of aromatic nitrogens is 2. The maximum absolute atomic E-state index is 11.4. The smallest absolute Gasteiger partial charge is 0.290 e. The molecule has 1 heterocycles. The van der Waals surface area contributed by atoms with Gasteiger partial charge in [0.15, 0.2) is 0 Å². The number of nitrogen functional groups attached to an aromatic ring is 1. The number of H-pyrrole nitrogens is 1. The van der Waals surface area contributed by atoms with Crippen LogP contribution in [0.3, 0.4) is 0 Å². The number of carbonyl (C=O) groups excluding carboxylic acids is 1. The highest BCUT2D eigenvalue weighted by Crippen LogP contribution is 2.01. The van der Waals surface area contributed by atoms with Crippen molar-refractivity contribution in [2.24, 2.45) is 7.05 Å². The number of aromatic amines is 1. The fraction of sp³-hybridized carbons (Fsp3) is 0.500. The minimum atomic E-state index is -0.648. The Labute approximate surface area is 85.9 Å². The molecule has 0 saturated carbocycles. The van der Waals surface area contributed by atoms with Gasteiger partial charge >= 0.3 is 0 Å². The third-order valence-corrected chi connectivity index (χ3v) is 1.87. The van der Waals surface area contributed by atoms with E-state index in [-0.39, 0.29) is 17.9 Å². The Bertz CT molecular complexity index is 418. The molecular formula is C8H14N4O3. The first-order chi connectivity index (χ1) is 6.93. The highest BCUT2D eigenvalue weighted by Gasteiger charge is 2.16. The molecule has 0 spiro atoms. The fourth-order valence-corrected chi connectivity index (χ4v) is 1.07. The van der Waals surface area contributed by atoms with Gasteiger partial charge in [0.1, 0.15) is 11.4 Å². The normalized spacial score (nSPS) is 12.5. The number of anilines is 1. The number of nitrogens with zero attached hydrogens (tertiary/aromatic N) is 1. The highest BCUT2D eigenvalue weighted by molar-refractivity contribution is 5.96. The SMILES string of the molecule is CC(O)CNC(=O)c1[nH]n(C)c(=O)c1N. The van der Waals surface area contributed by atoms with E-state index in [1.54, 1.807) is 0 Å². The highest BCUT2D eigenvalue weighted by atomic mass is 16.3. The zero-order chi connectivity index (χ0) is 11.6. The molecule has 15 heavy (non-hydrogen) atoms. The lowest BCUT2D eigenvalue weighted by molar-refractivity contribution is 0.0919. The summed E-state index contributed by atoms with van der Waals surface area (Å²) in [6, 6.07) is 0. The summed E-state index contributed by atoms with van der Waals surface area (Å²) >= 11 is 0. The maximum Gasteiger partial charge on any atom is 0.290 e. The van der Waals surface area contributed by atoms with E-state index < -0.39 is 17.6 Å². The quantitative estimate of drug-likeness (QED) is 0.485. The monoisotopic (exact) mass is 214 g/mol. The summed E-state index contributed by atoms with van der Waals surface area (Å²) in [5, 5.41) is 13.9. The van der Waals surface area contributed by atoms with Gasteiger partial charge in [-0.15, -0.1) is 0 Å². The summed E-state index contributed by atoms with van der Waals surface area (Å²) in [6.07, 6.45) is -0.648. The van der Waals surface area contributed by atoms with Crippen molar-refractivity contribution in [2.45, 2.75) is 13.0 Å². The van der Waals surface area contributed by atoms with E-state index in [1.807, 2.05) is 0 Å². The van der Waals surface area contributed by atoms with E-state index in [1.165, 1.54) is 14.0 Å². The molecule has 1 rings (SSSR count). The van der Waals surface area contributed by atoms with Gasteiger partial charge in [-0.25, -0.2) is 0 Å². The Morgan fingerprint density at radius 3 is 2.73 bits per heavy atom. The van der Waals surface area contributed by atoms with Gasteiger partial charge in [0.25, 0.3) is 11.5 Å². The number of nitrogens with two attached hydrogens (primary N) is 1. The van der Waals surface area contributed by atoms with E-state index in [9.17, 15) is 9.59 Å². The van der Waals surface area contributed by atoms with Crippen LogP contribution in [0.2, 0.25) is 0 Å². The molecule has 1 aromatic heterocycles. The maximum atomic E-state index is 11.4. The van der Waals surface area contributed by atoms with Crippen LogP contribution in [-0.4, -0.2) is 33.4 Å². The van der Waals surface area contributed by atoms with Gasteiger partial charge < -0.3 is 16.2 Å². The summed E-state index contributed by atoms with van der Waals surface area (Å²) in [6.45, 7) is 1.65. The zero-order valence-corrected chi connectivity index (χ0v) is 8.57. The van der Waals surface area contributed by atoms with Crippen LogP contribution >= 0.6 is 0 Å². The Morgan fingerprint density at radius 1 is 1.73 bits per heavy atom. The van der Waals surface area contributed by atoms with Crippen LogP contribution in [0.5, 0.6) is 0 Å². The topological polar surface area (TPSA) is 113 Å². The second-order valence-electron chi connectivity index (χ2n) is 3.32. The van der Waals surface area contributed by atoms with Crippen LogP contribution in [0, 0.1) is 0 Å². The third kappa shape index (κ3) is 2.38. The first-order valence-electron chi connectivity index (χ1n) is 4.44. The standard InChI is InChI=1S/C8H14N4O3/c1-4(13)3-10-7(14)6-5(9)8(15)12(2)11-6/h4,11,13H,3,9H2,1-2H3,(H,10,14). The molecule has 1 amide bonds. The molecule has 0 radical (unpaired) electrons. The first-order valence-corrected chi connectivity index (χ1v) is 4.44. The third-order valence-electron chi connectivity index (χ3n) is 1.87. The average molecular weight is 214 g/mol. The molecule has 0 aliphatic heterocycles. The number of rotatable bonds is 3. The lowest BCUT2D eigenvalue weighted by Gasteiger charge is -2.05. The molecule has 1 atom stereocenters. The molecule has 0 fully saturated rings. The molecule has 7 heteroatoms. The molecule has 1 unspecified atom stereocenters. The van der Waals surface area contributed by atoms with Crippen molar-refractivity contribution >= 4 is 11.6 Å². The van der Waals surface area contributed by atoms with Gasteiger partial charge in [0.2, 0.25) is 0 Å². The number of aliphatic hydroxyl groups excluding tert-OH is 1. The van der Waals surface area contributed by atoms with Crippen molar-refractivity contribution in [3.8, 4) is 0 Å². The number of aryl methyl sites for hydroxylation is 1. The average Bonchev–Trinajstić information content (AvgIpc) is 2.42. The lowest BCUT2D eigenvalue weighted by Crippen LogP contribution is -2.31. The van der Waals surface area contributed by atoms with Gasteiger partial charge in [-0.05, 0) is 6.92 Å². The molecule has 84 valence electrons. The number of aliphatic hydroxyl groups is 1. The molecule has 0 aromatic carbocycles. The van der Waals surface area contributed by atoms with Gasteiger partial charge in [0, 0.05) is 13.6 Å². The van der Waals surface area contributed by atoms with E-state index >= 15 is 0 Å². The fourth-order valence-electron chi connectivity index (χ4n) is 1.07. The second-order valence-corrected chi connectivity index (χ2v) is 3.32. The Kier molecular flexibility index (Phi) is 3.15. The summed E-state index contributed by atoms with van der Waals surface area (Å²) in [7, 11) is 1.46. The molecular weight excluding hydrogens is 200 g/mol. The van der Waals surface area contributed by atoms with Crippen LogP contribution in [0.4, 0.5) is 5.69 Å². The summed E-state index contributed by atoms with van der Waals surface area (Å²) < 4.78 is 1.12. The zero-order valence-electron chi connectivity index (χ0n) is 8.57. The van der Waals surface area contributed by atoms with Crippen molar-refractivity contribution in [1.82, 2.24) is 15.1 Å². The largest absolute Gasteiger partial charge is 0.392 e. The minimum Gasteiger partial charge on any atom is -0.392 e. The van der Waals surface area contributed by atoms with Crippen LogP contribution in [0.1, 0.15) is 17.4 Å². The van der Waals surface area contributed by atoms with Crippen LogP contribution in [-0.2, 0) is 7.05 Å². The van der Waals surface area contributed by atoms with Gasteiger partial charge in [-0.2, -0.15) is 0 Å². The van der Waals surface area contributed by atoms with Gasteiger partial charge in [-0.1, -0.05) is 0 Å². The van der Waals surface area contributed by atoms with Crippen LogP contribution in [0.15, 0.2) is 4.79 Å². The summed E-state index contributed by atoms with van der Waals surface area (Å²) in [5.41, 5.74) is 4.87. The molecule has 0 aliphatic rings. The van der Waals surface area contributed by atoms with Crippen molar-refractivity contribution < 1.29 is 9.90 Å². The predicted octanol–water partition coefficient (Wildman–Crippen LogP) is -1.59. The van der Waals surface area contributed by atoms with E-state index in [2.05, 4.69) is 10.4 Å². The summed E-state index contributed by atoms with van der Waals surface area (Å²) in [4.78, 5) is 22.7. The summed E-state index contributed by atoms with van der Waals surface area (Å²) in [5.74, 6) is -0.508. The van der Waals surface area contributed by atoms with Crippen molar-refractivity contribution in [2.75, 3.05) is 12.3 Å². The number of amides is 1. The van der Waals surface area contributed by atoms with Crippen LogP contribution in [0.25, 0.3) is 0 Å². The number of nitrogens with one attached hydrogen (secondary N) is 2. The molecule has 0 bridgehead atoms. The Morgan fingerprint density at radius 2 is 2.33 bits per heavy atom. The molecule has 0 aliphatic carbocycles. The predicted molar refractivity (Wildman–Crippen MR) is 54.5 cm³/mol. The van der Waals surface area contributed by atoms with Crippen molar-refractivity contribution in [3.63, 3.8) is 0 Å². The molecule has 5 N–H and O–H groups in total. The van der Waals surface area contributed by atoms with Crippen LogP contribution < -0.4 is 16.6 Å². The number of hydrogen-bond donors (Lipinski definition) is 4. The van der Waals surface area contributed by atoms with Crippen molar-refractivity contribution in [3.05, 3.63) is 16.0 Å².